The van der Waals surface area contributed by atoms with E-state index in [-0.39, 0.29) is 0 Å². The van der Waals surface area contributed by atoms with E-state index in [4.69, 9.17) is 16.0 Å². The summed E-state index contributed by atoms with van der Waals surface area (Å²) in [5.41, 5.74) is 1.31. The normalized spacial score (nSPS) is 12.7. The Kier molecular flexibility index (Phi) is 7.41. The van der Waals surface area contributed by atoms with Gasteiger partial charge < -0.3 is 9.74 Å². The van der Waals surface area contributed by atoms with Crippen molar-refractivity contribution in [2.24, 2.45) is 0 Å². The number of hydrogen-bond acceptors (Lipinski definition) is 2. The van der Waals surface area contributed by atoms with Crippen LogP contribution in [0.25, 0.3) is 0 Å². The lowest BCUT2D eigenvalue weighted by Crippen LogP contribution is -2.42. The number of nitrogens with one attached hydrogen (secondary N) is 1. The first-order valence-corrected chi connectivity index (χ1v) is 11.1. The summed E-state index contributed by atoms with van der Waals surface area (Å²) in [4.78, 5) is 0. The topological polar surface area (TPSA) is 21.3 Å². The highest BCUT2D eigenvalue weighted by atomic mass is 35.5. The summed E-state index contributed by atoms with van der Waals surface area (Å²) in [6, 6.07) is 8.11. The minimum Gasteiger partial charge on any atom is -0.416 e. The van der Waals surface area contributed by atoms with Crippen LogP contribution < -0.4 is 5.32 Å². The highest BCUT2D eigenvalue weighted by Gasteiger charge is 2.36. The van der Waals surface area contributed by atoms with E-state index in [1.165, 1.54) is 5.56 Å². The predicted molar refractivity (Wildman–Crippen MR) is 95.8 cm³/mol. The maximum Gasteiger partial charge on any atom is 0.192 e. The third kappa shape index (κ3) is 6.96. The zero-order valence-electron chi connectivity index (χ0n) is 14.1. The molecule has 0 atom stereocenters. The number of benzene rings is 1. The maximum atomic E-state index is 6.13. The van der Waals surface area contributed by atoms with Gasteiger partial charge in [-0.1, -0.05) is 44.5 Å². The van der Waals surface area contributed by atoms with Crippen molar-refractivity contribution in [3.05, 3.63) is 34.9 Å². The lowest BCUT2D eigenvalue weighted by Gasteiger charge is -2.36. The number of halogens is 1. The molecule has 0 saturated carbocycles. The lowest BCUT2D eigenvalue weighted by molar-refractivity contribution is 0.286. The molecule has 1 aromatic rings. The fourth-order valence-electron chi connectivity index (χ4n) is 1.83. The molecule has 120 valence electrons. The molecule has 0 spiro atoms. The van der Waals surface area contributed by atoms with Crippen molar-refractivity contribution in [3.63, 3.8) is 0 Å². The largest absolute Gasteiger partial charge is 0.416 e. The zero-order chi connectivity index (χ0) is 15.9. The second kappa shape index (κ2) is 8.32. The molecule has 0 bridgehead atoms. The Morgan fingerprint density at radius 2 is 1.90 bits per heavy atom. The standard InChI is InChI=1S/C17H30ClNOSi/c1-17(2,3)21(4,5)20-13-12-19-11-7-9-15-8-6-10-16(18)14-15/h6,8,10,14,19H,7,9,11-13H2,1-5H3. The number of aryl methyl sites for hydroxylation is 1. The molecule has 4 heteroatoms. The molecule has 1 aromatic carbocycles. The van der Waals surface area contributed by atoms with Gasteiger partial charge in [-0.2, -0.15) is 0 Å². The van der Waals surface area contributed by atoms with Gasteiger partial charge in [-0.3, -0.25) is 0 Å². The number of rotatable bonds is 8. The molecule has 0 saturated heterocycles. The van der Waals surface area contributed by atoms with Gasteiger partial charge in [-0.05, 0) is 55.2 Å². The molecule has 0 amide bonds. The van der Waals surface area contributed by atoms with Gasteiger partial charge in [0, 0.05) is 18.2 Å². The molecule has 21 heavy (non-hydrogen) atoms. The minimum atomic E-state index is -1.59. The molecule has 0 aromatic heterocycles. The highest BCUT2D eigenvalue weighted by molar-refractivity contribution is 6.74. The smallest absolute Gasteiger partial charge is 0.192 e. The summed E-state index contributed by atoms with van der Waals surface area (Å²) >= 11 is 5.98. The van der Waals surface area contributed by atoms with E-state index in [0.717, 1.165) is 37.6 Å². The summed E-state index contributed by atoms with van der Waals surface area (Å²) < 4.78 is 6.13. The summed E-state index contributed by atoms with van der Waals surface area (Å²) in [7, 11) is -1.59. The summed E-state index contributed by atoms with van der Waals surface area (Å²) in [5, 5.41) is 4.57. The van der Waals surface area contributed by atoms with E-state index < -0.39 is 8.32 Å². The van der Waals surface area contributed by atoms with Crippen LogP contribution in [0.15, 0.2) is 24.3 Å². The summed E-state index contributed by atoms with van der Waals surface area (Å²) in [5.74, 6) is 0. The molecule has 0 fully saturated rings. The van der Waals surface area contributed by atoms with E-state index in [0.29, 0.717) is 5.04 Å². The van der Waals surface area contributed by atoms with Crippen molar-refractivity contribution in [1.82, 2.24) is 5.32 Å². The maximum absolute atomic E-state index is 6.13. The van der Waals surface area contributed by atoms with Crippen molar-refractivity contribution >= 4 is 19.9 Å². The highest BCUT2D eigenvalue weighted by Crippen LogP contribution is 2.36. The lowest BCUT2D eigenvalue weighted by atomic mass is 10.1. The average Bonchev–Trinajstić information content (AvgIpc) is 2.36. The molecule has 0 heterocycles. The third-order valence-corrected chi connectivity index (χ3v) is 9.03. The first kappa shape index (κ1) is 18.7. The van der Waals surface area contributed by atoms with E-state index in [1.807, 2.05) is 18.2 Å². The van der Waals surface area contributed by atoms with Crippen LogP contribution in [0.4, 0.5) is 0 Å². The van der Waals surface area contributed by atoms with Crippen molar-refractivity contribution in [3.8, 4) is 0 Å². The molecule has 0 aliphatic carbocycles. The van der Waals surface area contributed by atoms with Gasteiger partial charge in [-0.15, -0.1) is 0 Å². The Balaban J connectivity index is 2.10. The second-order valence-electron chi connectivity index (χ2n) is 7.09. The van der Waals surface area contributed by atoms with Crippen LogP contribution in [-0.2, 0) is 10.8 Å². The fraction of sp³-hybridized carbons (Fsp3) is 0.647. The average molecular weight is 328 g/mol. The van der Waals surface area contributed by atoms with Gasteiger partial charge in [0.2, 0.25) is 0 Å². The molecule has 1 rings (SSSR count). The molecular weight excluding hydrogens is 298 g/mol. The van der Waals surface area contributed by atoms with Crippen LogP contribution >= 0.6 is 11.6 Å². The summed E-state index contributed by atoms with van der Waals surface area (Å²) in [6.45, 7) is 14.2. The van der Waals surface area contributed by atoms with Gasteiger partial charge in [0.05, 0.1) is 0 Å². The van der Waals surface area contributed by atoms with Gasteiger partial charge in [-0.25, -0.2) is 0 Å². The zero-order valence-corrected chi connectivity index (χ0v) is 15.9. The van der Waals surface area contributed by atoms with E-state index in [9.17, 15) is 0 Å². The first-order valence-electron chi connectivity index (χ1n) is 7.81. The van der Waals surface area contributed by atoms with Crippen molar-refractivity contribution < 1.29 is 4.43 Å². The van der Waals surface area contributed by atoms with Gasteiger partial charge >= 0.3 is 0 Å². The minimum absolute atomic E-state index is 0.291. The molecule has 0 aliphatic rings. The van der Waals surface area contributed by atoms with Crippen molar-refractivity contribution in [2.45, 2.75) is 51.7 Å². The Hall–Kier alpha value is -0.353. The van der Waals surface area contributed by atoms with E-state index in [1.54, 1.807) is 0 Å². The Morgan fingerprint density at radius 1 is 1.19 bits per heavy atom. The van der Waals surface area contributed by atoms with Crippen LogP contribution in [0.1, 0.15) is 32.8 Å². The van der Waals surface area contributed by atoms with Crippen LogP contribution in [0.5, 0.6) is 0 Å². The van der Waals surface area contributed by atoms with Crippen molar-refractivity contribution in [2.75, 3.05) is 19.7 Å². The Morgan fingerprint density at radius 3 is 2.52 bits per heavy atom. The molecule has 2 nitrogen and oxygen atoms in total. The summed E-state index contributed by atoms with van der Waals surface area (Å²) in [6.07, 6.45) is 2.19. The molecular formula is C17H30ClNOSi. The predicted octanol–water partition coefficient (Wildman–Crippen LogP) is 4.88. The molecule has 0 radical (unpaired) electrons. The number of hydrogen-bond donors (Lipinski definition) is 1. The van der Waals surface area contributed by atoms with Crippen LogP contribution in [0.2, 0.25) is 23.2 Å². The van der Waals surface area contributed by atoms with Crippen LogP contribution in [0.3, 0.4) is 0 Å². The Bertz CT molecular complexity index is 429. The monoisotopic (exact) mass is 327 g/mol. The van der Waals surface area contributed by atoms with Gasteiger partial charge in [0.25, 0.3) is 0 Å². The van der Waals surface area contributed by atoms with Crippen LogP contribution in [-0.4, -0.2) is 28.0 Å². The molecule has 0 aliphatic heterocycles. The first-order chi connectivity index (χ1) is 9.72. The fourth-order valence-corrected chi connectivity index (χ4v) is 3.09. The Labute approximate surface area is 136 Å². The van der Waals surface area contributed by atoms with Gasteiger partial charge in [0.1, 0.15) is 0 Å². The second-order valence-corrected chi connectivity index (χ2v) is 12.3. The SMILES string of the molecule is CC(C)(C)[Si](C)(C)OCCNCCCc1cccc(Cl)c1. The van der Waals surface area contributed by atoms with E-state index in [2.05, 4.69) is 45.2 Å². The van der Waals surface area contributed by atoms with Crippen molar-refractivity contribution in [1.29, 1.82) is 0 Å². The molecule has 1 N–H and O–H groups in total. The quantitative estimate of drug-likeness (QED) is 0.542. The van der Waals surface area contributed by atoms with Gasteiger partial charge in [0.15, 0.2) is 8.32 Å². The third-order valence-electron chi connectivity index (χ3n) is 4.26. The van der Waals surface area contributed by atoms with Crippen LogP contribution in [0, 0.1) is 0 Å². The molecule has 0 unspecified atom stereocenters. The van der Waals surface area contributed by atoms with E-state index >= 15 is 0 Å².